The summed E-state index contributed by atoms with van der Waals surface area (Å²) in [5, 5.41) is 3.39. The van der Waals surface area contributed by atoms with Gasteiger partial charge in [0.15, 0.2) is 11.5 Å². The van der Waals surface area contributed by atoms with E-state index in [0.717, 1.165) is 46.9 Å². The van der Waals surface area contributed by atoms with E-state index in [1.165, 1.54) is 0 Å². The van der Waals surface area contributed by atoms with Crippen LogP contribution < -0.4 is 14.8 Å². The lowest BCUT2D eigenvalue weighted by Gasteiger charge is -2.13. The highest BCUT2D eigenvalue weighted by Gasteiger charge is 2.11. The van der Waals surface area contributed by atoms with E-state index < -0.39 is 0 Å². The van der Waals surface area contributed by atoms with E-state index in [2.05, 4.69) is 31.2 Å². The summed E-state index contributed by atoms with van der Waals surface area (Å²) in [5.41, 5.74) is 1.14. The van der Waals surface area contributed by atoms with Crippen molar-refractivity contribution in [1.82, 2.24) is 15.3 Å². The number of methoxy groups -OCH3 is 1. The highest BCUT2D eigenvalue weighted by atomic mass is 79.9. The summed E-state index contributed by atoms with van der Waals surface area (Å²) in [5.74, 6) is 2.49. The molecule has 0 fully saturated rings. The topological polar surface area (TPSA) is 59.2 Å². The lowest BCUT2D eigenvalue weighted by molar-refractivity contribution is 0.308. The fourth-order valence-corrected chi connectivity index (χ4v) is 2.64. The van der Waals surface area contributed by atoms with E-state index in [0.29, 0.717) is 6.61 Å². The number of nitrogens with zero attached hydrogens (tertiary/aromatic N) is 1. The highest BCUT2D eigenvalue weighted by Crippen LogP contribution is 2.36. The van der Waals surface area contributed by atoms with Gasteiger partial charge in [-0.2, -0.15) is 0 Å². The first-order valence-electron chi connectivity index (χ1n) is 6.92. The largest absolute Gasteiger partial charge is 0.493 e. The van der Waals surface area contributed by atoms with Gasteiger partial charge in [-0.05, 0) is 40.5 Å². The number of aromatic nitrogens is 2. The Labute approximate surface area is 133 Å². The van der Waals surface area contributed by atoms with Gasteiger partial charge in [-0.3, -0.25) is 0 Å². The summed E-state index contributed by atoms with van der Waals surface area (Å²) in [6, 6.07) is 4.04. The van der Waals surface area contributed by atoms with Gasteiger partial charge in [0, 0.05) is 31.9 Å². The Kier molecular flexibility index (Phi) is 6.07. The first-order chi connectivity index (χ1) is 10.2. The molecule has 5 nitrogen and oxygen atoms in total. The molecule has 0 aliphatic carbocycles. The van der Waals surface area contributed by atoms with Crippen LogP contribution in [-0.4, -0.2) is 30.2 Å². The summed E-state index contributed by atoms with van der Waals surface area (Å²) in [6.07, 6.45) is 4.48. The number of imidazole rings is 1. The van der Waals surface area contributed by atoms with Gasteiger partial charge in [0.05, 0.1) is 18.2 Å². The first-order valence-corrected chi connectivity index (χ1v) is 7.72. The average Bonchev–Trinajstić information content (AvgIpc) is 2.99. The van der Waals surface area contributed by atoms with Crippen LogP contribution in [0.1, 0.15) is 18.3 Å². The Morgan fingerprint density at radius 3 is 2.90 bits per heavy atom. The molecule has 0 atom stereocenters. The van der Waals surface area contributed by atoms with Crippen molar-refractivity contribution in [2.24, 2.45) is 0 Å². The van der Waals surface area contributed by atoms with Crippen molar-refractivity contribution in [3.8, 4) is 11.5 Å². The molecule has 114 valence electrons. The molecule has 2 rings (SSSR count). The number of halogens is 1. The third-order valence-electron chi connectivity index (χ3n) is 3.00. The van der Waals surface area contributed by atoms with Gasteiger partial charge in [-0.15, -0.1) is 0 Å². The second-order valence-electron chi connectivity index (χ2n) is 4.50. The molecule has 0 saturated heterocycles. The third-order valence-corrected chi connectivity index (χ3v) is 3.59. The molecule has 0 aliphatic rings. The third kappa shape index (κ3) is 4.47. The lowest BCUT2D eigenvalue weighted by Crippen LogP contribution is -2.17. The second-order valence-corrected chi connectivity index (χ2v) is 5.36. The molecule has 0 aliphatic heterocycles. The van der Waals surface area contributed by atoms with E-state index in [-0.39, 0.29) is 0 Å². The van der Waals surface area contributed by atoms with Crippen LogP contribution >= 0.6 is 15.9 Å². The Hall–Kier alpha value is -1.53. The van der Waals surface area contributed by atoms with Gasteiger partial charge in [0.2, 0.25) is 0 Å². The Morgan fingerprint density at radius 2 is 2.24 bits per heavy atom. The van der Waals surface area contributed by atoms with Crippen molar-refractivity contribution < 1.29 is 9.47 Å². The maximum atomic E-state index is 5.58. The fraction of sp³-hybridized carbons (Fsp3) is 0.400. The summed E-state index contributed by atoms with van der Waals surface area (Å²) in [6.45, 7) is 4.19. The molecule has 0 radical (unpaired) electrons. The van der Waals surface area contributed by atoms with Gasteiger partial charge < -0.3 is 19.8 Å². The molecule has 6 heteroatoms. The number of ether oxygens (including phenoxy) is 2. The normalized spacial score (nSPS) is 10.6. The summed E-state index contributed by atoms with van der Waals surface area (Å²) >= 11 is 3.53. The Bertz CT molecular complexity index is 558. The maximum Gasteiger partial charge on any atom is 0.175 e. The summed E-state index contributed by atoms with van der Waals surface area (Å²) < 4.78 is 11.9. The highest BCUT2D eigenvalue weighted by molar-refractivity contribution is 9.10. The van der Waals surface area contributed by atoms with E-state index >= 15 is 0 Å². The van der Waals surface area contributed by atoms with Crippen LogP contribution in [-0.2, 0) is 13.0 Å². The quantitative estimate of drug-likeness (QED) is 0.716. The zero-order chi connectivity index (χ0) is 15.1. The van der Waals surface area contributed by atoms with Gasteiger partial charge in [0.1, 0.15) is 5.82 Å². The Morgan fingerprint density at radius 1 is 1.38 bits per heavy atom. The molecule has 1 aromatic carbocycles. The van der Waals surface area contributed by atoms with Crippen molar-refractivity contribution in [1.29, 1.82) is 0 Å². The van der Waals surface area contributed by atoms with Crippen molar-refractivity contribution in [3.05, 3.63) is 40.4 Å². The zero-order valence-electron chi connectivity index (χ0n) is 12.3. The van der Waals surface area contributed by atoms with Crippen LogP contribution in [0.5, 0.6) is 11.5 Å². The minimum Gasteiger partial charge on any atom is -0.493 e. The molecule has 1 aromatic heterocycles. The number of H-pyrrole nitrogens is 1. The van der Waals surface area contributed by atoms with Crippen molar-refractivity contribution >= 4 is 15.9 Å². The summed E-state index contributed by atoms with van der Waals surface area (Å²) in [7, 11) is 1.65. The standard InChI is InChI=1S/C15H20BrN3O2/c1-3-21-15-12(16)8-11(9-13(15)20-2)10-17-5-4-14-18-6-7-19-14/h6-9,17H,3-5,10H2,1-2H3,(H,18,19). The minimum atomic E-state index is 0.607. The van der Waals surface area contributed by atoms with Gasteiger partial charge in [-0.25, -0.2) is 4.98 Å². The van der Waals surface area contributed by atoms with Gasteiger partial charge >= 0.3 is 0 Å². The number of nitrogens with one attached hydrogen (secondary N) is 2. The van der Waals surface area contributed by atoms with Crippen LogP contribution in [0, 0.1) is 0 Å². The summed E-state index contributed by atoms with van der Waals surface area (Å²) in [4.78, 5) is 7.28. The number of hydrogen-bond donors (Lipinski definition) is 2. The van der Waals surface area contributed by atoms with Crippen LogP contribution in [0.15, 0.2) is 29.0 Å². The van der Waals surface area contributed by atoms with Crippen molar-refractivity contribution in [3.63, 3.8) is 0 Å². The van der Waals surface area contributed by atoms with Gasteiger partial charge in [-0.1, -0.05) is 0 Å². The van der Waals surface area contributed by atoms with Crippen LogP contribution in [0.3, 0.4) is 0 Å². The number of hydrogen-bond acceptors (Lipinski definition) is 4. The van der Waals surface area contributed by atoms with E-state index in [4.69, 9.17) is 9.47 Å². The molecule has 0 amide bonds. The van der Waals surface area contributed by atoms with E-state index in [1.807, 2.05) is 25.3 Å². The maximum absolute atomic E-state index is 5.58. The van der Waals surface area contributed by atoms with Crippen molar-refractivity contribution in [2.75, 3.05) is 20.3 Å². The van der Waals surface area contributed by atoms with E-state index in [1.54, 1.807) is 13.3 Å². The average molecular weight is 354 g/mol. The van der Waals surface area contributed by atoms with Crippen LogP contribution in [0.4, 0.5) is 0 Å². The van der Waals surface area contributed by atoms with Crippen LogP contribution in [0.2, 0.25) is 0 Å². The number of aromatic amines is 1. The molecule has 21 heavy (non-hydrogen) atoms. The number of rotatable bonds is 8. The SMILES string of the molecule is CCOc1c(Br)cc(CNCCc2ncc[nH]2)cc1OC. The van der Waals surface area contributed by atoms with Crippen LogP contribution in [0.25, 0.3) is 0 Å². The minimum absolute atomic E-state index is 0.607. The molecule has 0 bridgehead atoms. The Balaban J connectivity index is 1.92. The molecule has 0 unspecified atom stereocenters. The van der Waals surface area contributed by atoms with E-state index in [9.17, 15) is 0 Å². The molecule has 2 aromatic rings. The molecule has 0 spiro atoms. The molecule has 0 saturated carbocycles. The molecule has 2 N–H and O–H groups in total. The fourth-order valence-electron chi connectivity index (χ4n) is 2.03. The predicted molar refractivity (Wildman–Crippen MR) is 85.9 cm³/mol. The first kappa shape index (κ1) is 15.9. The van der Waals surface area contributed by atoms with Crippen molar-refractivity contribution in [2.45, 2.75) is 19.9 Å². The second kappa shape index (κ2) is 8.05. The molecule has 1 heterocycles. The number of benzene rings is 1. The molecular weight excluding hydrogens is 334 g/mol. The van der Waals surface area contributed by atoms with Gasteiger partial charge in [0.25, 0.3) is 0 Å². The predicted octanol–water partition coefficient (Wildman–Crippen LogP) is 2.91. The lowest BCUT2D eigenvalue weighted by atomic mass is 10.2. The monoisotopic (exact) mass is 353 g/mol. The smallest absolute Gasteiger partial charge is 0.175 e. The zero-order valence-corrected chi connectivity index (χ0v) is 13.9. The molecular formula is C15H20BrN3O2.